The summed E-state index contributed by atoms with van der Waals surface area (Å²) in [5.41, 5.74) is 0. The molecule has 0 atom stereocenters. The Kier molecular flexibility index (Phi) is 548. The smallest absolute Gasteiger partial charge is 0 e. The average Bonchev–Trinajstić information content (AvgIpc) is 0. The summed E-state index contributed by atoms with van der Waals surface area (Å²) in [5.74, 6) is 0. The molecule has 0 saturated carbocycles. The van der Waals surface area contributed by atoms with Crippen LogP contribution < -0.4 is 0 Å². The van der Waals surface area contributed by atoms with Gasteiger partial charge in [0.25, 0.3) is 0 Å². The Hall–Kier alpha value is 1.86. The van der Waals surface area contributed by atoms with Crippen molar-refractivity contribution in [1.82, 2.24) is 0 Å². The molecule has 0 spiro atoms. The maximum absolute atomic E-state index is 0. The Balaban J connectivity index is 0. The molecule has 0 fully saturated rings. The van der Waals surface area contributed by atoms with Crippen molar-refractivity contribution in [2.45, 2.75) is 0 Å². The third-order valence-corrected chi connectivity index (χ3v) is 0. The van der Waals surface area contributed by atoms with Crippen molar-refractivity contribution in [2.75, 3.05) is 0 Å². The Morgan fingerprint density at radius 2 is 0.600 bits per heavy atom. The minimum atomic E-state index is 0. The van der Waals surface area contributed by atoms with E-state index in [1.54, 1.807) is 0 Å². The molecule has 5 heavy (non-hydrogen) atoms. The molecule has 0 amide bonds. The van der Waals surface area contributed by atoms with Crippen molar-refractivity contribution in [1.29, 1.82) is 0 Å². The van der Waals surface area contributed by atoms with Gasteiger partial charge in [0.05, 0.1) is 0 Å². The topological polar surface area (TPSA) is 63.0 Å². The van der Waals surface area contributed by atoms with Gasteiger partial charge in [-0.1, -0.05) is 0 Å². The van der Waals surface area contributed by atoms with Gasteiger partial charge in [0.1, 0.15) is 0 Å². The summed E-state index contributed by atoms with van der Waals surface area (Å²) in [4.78, 5) is 0. The van der Waals surface area contributed by atoms with Gasteiger partial charge in [-0.2, -0.15) is 0 Å². The van der Waals surface area contributed by atoms with Crippen LogP contribution in [0.1, 0.15) is 0 Å². The van der Waals surface area contributed by atoms with E-state index < -0.39 is 0 Å². The largest absolute Gasteiger partial charge is 0.412 e. The van der Waals surface area contributed by atoms with E-state index in [9.17, 15) is 0 Å². The second-order valence-electron chi connectivity index (χ2n) is 0. The van der Waals surface area contributed by atoms with Crippen LogP contribution in [0.3, 0.4) is 0 Å². The normalized spacial score (nSPS) is 0. The second-order valence-corrected chi connectivity index (χ2v) is 0. The first-order chi connectivity index (χ1) is 0. The van der Waals surface area contributed by atoms with Crippen molar-refractivity contribution >= 4 is 0 Å². The molecule has 0 aromatic rings. The zero-order valence-corrected chi connectivity index (χ0v) is 7.77. The average molecular weight is 433 g/mol. The number of hydrogen-bond donors (Lipinski definition) is 0. The summed E-state index contributed by atoms with van der Waals surface area (Å²) in [7, 11) is 0. The minimum absolute atomic E-state index is 0. The van der Waals surface area contributed by atoms with Crippen molar-refractivity contribution in [2.24, 2.45) is 0 Å². The van der Waals surface area contributed by atoms with Gasteiger partial charge in [0.2, 0.25) is 0 Å². The summed E-state index contributed by atoms with van der Waals surface area (Å²) in [6.07, 6.45) is 0. The Labute approximate surface area is 70.5 Å². The van der Waals surface area contributed by atoms with Crippen LogP contribution >= 0.6 is 0 Å². The van der Waals surface area contributed by atoms with Crippen molar-refractivity contribution < 1.29 is 71.0 Å². The molecule has 5 heteroatoms. The fourth-order valence-electron chi connectivity index (χ4n) is 0. The van der Waals surface area contributed by atoms with Gasteiger partial charge in [-0.05, 0) is 0 Å². The van der Waals surface area contributed by atoms with Gasteiger partial charge in [-0.15, -0.1) is 0 Å². The minimum Gasteiger partial charge on any atom is -0.412 e. The summed E-state index contributed by atoms with van der Waals surface area (Å²) in [6.45, 7) is 0. The third kappa shape index (κ3) is 25.3. The van der Waals surface area contributed by atoms with Crippen LogP contribution in [-0.4, -0.2) is 11.0 Å². The molecule has 0 radical (unpaired) electrons. The molecule has 0 aliphatic carbocycles. The van der Waals surface area contributed by atoms with Crippen LogP contribution in [0.4, 0.5) is 0 Å². The van der Waals surface area contributed by atoms with Crippen LogP contribution in [0, 0.1) is 0 Å². The van der Waals surface area contributed by atoms with Gasteiger partial charge in [-0.3, -0.25) is 0 Å². The zero-order chi connectivity index (χ0) is 0. The van der Waals surface area contributed by atoms with Crippen LogP contribution in [0.25, 0.3) is 0 Å². The van der Waals surface area contributed by atoms with E-state index in [1.807, 2.05) is 0 Å². The number of rotatable bonds is 0. The molecular weight excluding hydrogens is 429 g/mol. The van der Waals surface area contributed by atoms with Gasteiger partial charge < -0.3 is 11.0 Å². The van der Waals surface area contributed by atoms with E-state index in [4.69, 9.17) is 0 Å². The molecular formula is H4O2PtRu2. The van der Waals surface area contributed by atoms with Gasteiger partial charge in [0, 0.05) is 60.0 Å². The first kappa shape index (κ1) is 68.3. The molecule has 0 aliphatic heterocycles. The van der Waals surface area contributed by atoms with E-state index in [1.165, 1.54) is 0 Å². The molecule has 0 aliphatic rings. The van der Waals surface area contributed by atoms with Crippen molar-refractivity contribution in [3.8, 4) is 0 Å². The summed E-state index contributed by atoms with van der Waals surface area (Å²) < 4.78 is 0. The van der Waals surface area contributed by atoms with Crippen LogP contribution in [0.2, 0.25) is 0 Å². The molecule has 42 valence electrons. The first-order valence-corrected chi connectivity index (χ1v) is 0. The molecule has 0 bridgehead atoms. The Bertz CT molecular complexity index is 7.61. The van der Waals surface area contributed by atoms with E-state index in [0.29, 0.717) is 0 Å². The molecule has 4 N–H and O–H groups in total. The monoisotopic (exact) mass is 435 g/mol. The maximum atomic E-state index is 0. The number of hydrogen-bond acceptors (Lipinski definition) is 0. The fraction of sp³-hybridized carbons (Fsp3) is 0. The molecule has 0 aromatic heterocycles. The fourth-order valence-corrected chi connectivity index (χ4v) is 0. The van der Waals surface area contributed by atoms with Gasteiger partial charge in [-0.25, -0.2) is 0 Å². The standard InChI is InChI=1S/2H2O.Pt.2Ru/h2*1H2;;;. The van der Waals surface area contributed by atoms with Crippen molar-refractivity contribution in [3.05, 3.63) is 0 Å². The Morgan fingerprint density at radius 3 is 0.600 bits per heavy atom. The Morgan fingerprint density at radius 1 is 0.600 bits per heavy atom. The van der Waals surface area contributed by atoms with Crippen LogP contribution in [0.15, 0.2) is 0 Å². The molecule has 0 aromatic carbocycles. The van der Waals surface area contributed by atoms with Gasteiger partial charge >= 0.3 is 0 Å². The summed E-state index contributed by atoms with van der Waals surface area (Å²) in [6, 6.07) is 0. The maximum Gasteiger partial charge on any atom is 0 e. The third-order valence-electron chi connectivity index (χ3n) is 0. The van der Waals surface area contributed by atoms with E-state index in [2.05, 4.69) is 0 Å². The van der Waals surface area contributed by atoms with Crippen LogP contribution in [0.5, 0.6) is 0 Å². The molecule has 0 unspecified atom stereocenters. The quantitative estimate of drug-likeness (QED) is 0.411. The van der Waals surface area contributed by atoms with Gasteiger partial charge in [0.15, 0.2) is 0 Å². The molecule has 0 rings (SSSR count). The first-order valence-electron chi connectivity index (χ1n) is 0. The summed E-state index contributed by atoms with van der Waals surface area (Å²) in [5, 5.41) is 0. The molecule has 2 nitrogen and oxygen atoms in total. The van der Waals surface area contributed by atoms with E-state index in [0.717, 1.165) is 0 Å². The van der Waals surface area contributed by atoms with Crippen LogP contribution in [-0.2, 0) is 60.0 Å². The predicted molar refractivity (Wildman–Crippen MR) is 7.23 cm³/mol. The van der Waals surface area contributed by atoms with Crippen molar-refractivity contribution in [3.63, 3.8) is 0 Å². The summed E-state index contributed by atoms with van der Waals surface area (Å²) >= 11 is 0. The SMILES string of the molecule is O.O.[Pt].[Ru].[Ru]. The molecule has 0 saturated heterocycles. The molecule has 0 heterocycles. The van der Waals surface area contributed by atoms with E-state index in [-0.39, 0.29) is 71.0 Å². The zero-order valence-electron chi connectivity index (χ0n) is 2.02. The predicted octanol–water partition coefficient (Wildman–Crippen LogP) is -1.66. The van der Waals surface area contributed by atoms with E-state index >= 15 is 0 Å². The second kappa shape index (κ2) is 40.1.